The predicted octanol–water partition coefficient (Wildman–Crippen LogP) is 14.8. The van der Waals surface area contributed by atoms with Gasteiger partial charge in [0, 0.05) is 44.0 Å². The average Bonchev–Trinajstić information content (AvgIpc) is 3.85. The number of hydrogen-bond donors (Lipinski definition) is 2. The van der Waals surface area contributed by atoms with E-state index < -0.39 is 0 Å². The van der Waals surface area contributed by atoms with Crippen LogP contribution in [0.4, 0.5) is 0 Å². The van der Waals surface area contributed by atoms with Gasteiger partial charge in [0.05, 0.1) is 11.0 Å². The van der Waals surface area contributed by atoms with Crippen molar-refractivity contribution in [2.24, 2.45) is 5.73 Å². The second-order valence-electron chi connectivity index (χ2n) is 14.8. The molecule has 3 heteroatoms. The van der Waals surface area contributed by atoms with E-state index in [0.29, 0.717) is 5.70 Å². The number of nitrogens with one attached hydrogen (secondary N) is 1. The van der Waals surface area contributed by atoms with Gasteiger partial charge in [0.15, 0.2) is 0 Å². The third-order valence-electron chi connectivity index (χ3n) is 10.8. The van der Waals surface area contributed by atoms with Crippen LogP contribution in [0.15, 0.2) is 219 Å². The average molecular weight is 764 g/mol. The summed E-state index contributed by atoms with van der Waals surface area (Å²) in [5, 5.41) is 5.20. The van der Waals surface area contributed by atoms with E-state index in [-0.39, 0.29) is 0 Å². The highest BCUT2D eigenvalue weighted by atomic mass is 15.0. The summed E-state index contributed by atoms with van der Waals surface area (Å²) in [4.78, 5) is 3.38. The molecule has 2 aromatic heterocycles. The Balaban J connectivity index is 0.000000177. The van der Waals surface area contributed by atoms with Gasteiger partial charge in [-0.2, -0.15) is 0 Å². The second kappa shape index (κ2) is 18.3. The molecule has 0 aliphatic carbocycles. The van der Waals surface area contributed by atoms with Crippen LogP contribution in [-0.4, -0.2) is 9.55 Å². The van der Waals surface area contributed by atoms with Gasteiger partial charge in [-0.05, 0) is 82.6 Å². The van der Waals surface area contributed by atoms with Crippen molar-refractivity contribution in [1.29, 1.82) is 0 Å². The molecule has 0 atom stereocenters. The van der Waals surface area contributed by atoms with E-state index in [4.69, 9.17) is 5.73 Å². The van der Waals surface area contributed by atoms with Crippen molar-refractivity contribution in [3.8, 4) is 16.8 Å². The van der Waals surface area contributed by atoms with E-state index in [0.717, 1.165) is 24.8 Å². The molecule has 0 fully saturated rings. The van der Waals surface area contributed by atoms with Crippen LogP contribution in [0.1, 0.15) is 36.5 Å². The smallest absolute Gasteiger partial charge is 0.0541 e. The predicted molar refractivity (Wildman–Crippen MR) is 255 cm³/mol. The fourth-order valence-corrected chi connectivity index (χ4v) is 7.84. The zero-order valence-corrected chi connectivity index (χ0v) is 33.6. The molecule has 59 heavy (non-hydrogen) atoms. The standard InChI is InChI=1S/C36H31N.C12H9N.C8H9N/c1-2-11-28(23-20-27-21-24-30(25-22-27)29-12-4-3-5-13-29)31-14-10-15-32(26-31)37-35-18-8-6-16-33(35)34-17-7-9-19-36(34)37;1-3-7-11-9(5-1)10-6-2-4-8-12(10)13-11;1-7(9)8-5-3-2-4-6-8/h3-10,12-19,21-26H,2,11,20H2,1H3;1-8,13H;2-6H,1,9H2/b28-23+;;. The molecule has 0 amide bonds. The van der Waals surface area contributed by atoms with E-state index >= 15 is 0 Å². The third-order valence-corrected chi connectivity index (χ3v) is 10.8. The van der Waals surface area contributed by atoms with Gasteiger partial charge in [0.1, 0.15) is 0 Å². The Labute approximate surface area is 347 Å². The molecule has 3 N–H and O–H groups in total. The van der Waals surface area contributed by atoms with Gasteiger partial charge < -0.3 is 15.3 Å². The van der Waals surface area contributed by atoms with Gasteiger partial charge in [-0.15, -0.1) is 0 Å². The van der Waals surface area contributed by atoms with Crippen molar-refractivity contribution in [2.45, 2.75) is 26.2 Å². The maximum atomic E-state index is 5.42. The van der Waals surface area contributed by atoms with Crippen LogP contribution in [-0.2, 0) is 6.42 Å². The largest absolute Gasteiger partial charge is 0.399 e. The second-order valence-corrected chi connectivity index (χ2v) is 14.8. The summed E-state index contributed by atoms with van der Waals surface area (Å²) in [6, 6.07) is 72.5. The molecular weight excluding hydrogens is 715 g/mol. The maximum Gasteiger partial charge on any atom is 0.0541 e. The summed E-state index contributed by atoms with van der Waals surface area (Å²) in [5.74, 6) is 0. The lowest BCUT2D eigenvalue weighted by atomic mass is 9.97. The number of nitrogens with two attached hydrogens (primary N) is 1. The Hall–Kier alpha value is -7.36. The maximum absolute atomic E-state index is 5.42. The minimum absolute atomic E-state index is 0.621. The lowest BCUT2D eigenvalue weighted by molar-refractivity contribution is 0.968. The molecule has 0 unspecified atom stereocenters. The highest BCUT2D eigenvalue weighted by molar-refractivity contribution is 6.09. The van der Waals surface area contributed by atoms with Crippen molar-refractivity contribution in [2.75, 3.05) is 0 Å². The molecule has 0 saturated heterocycles. The Kier molecular flexibility index (Phi) is 11.9. The fraction of sp³-hybridized carbons (Fsp3) is 0.0714. The monoisotopic (exact) mass is 763 g/mol. The first-order chi connectivity index (χ1) is 29.1. The molecule has 0 spiro atoms. The highest BCUT2D eigenvalue weighted by Crippen LogP contribution is 2.33. The van der Waals surface area contributed by atoms with Crippen molar-refractivity contribution in [1.82, 2.24) is 9.55 Å². The Morgan fingerprint density at radius 1 is 0.525 bits per heavy atom. The zero-order valence-electron chi connectivity index (χ0n) is 33.6. The number of nitrogens with zero attached hydrogens (tertiary/aromatic N) is 1. The van der Waals surface area contributed by atoms with E-state index in [1.54, 1.807) is 0 Å². The first kappa shape index (κ1) is 38.5. The number of allylic oxidation sites excluding steroid dienone is 2. The van der Waals surface area contributed by atoms with Crippen molar-refractivity contribution < 1.29 is 0 Å². The molecule has 288 valence electrons. The number of benzene rings is 8. The van der Waals surface area contributed by atoms with Crippen LogP contribution in [0.2, 0.25) is 0 Å². The Morgan fingerprint density at radius 3 is 1.58 bits per heavy atom. The third kappa shape index (κ3) is 8.81. The van der Waals surface area contributed by atoms with Crippen molar-refractivity contribution >= 4 is 54.9 Å². The van der Waals surface area contributed by atoms with Crippen LogP contribution in [0.3, 0.4) is 0 Å². The summed E-state index contributed by atoms with van der Waals surface area (Å²) >= 11 is 0. The van der Waals surface area contributed by atoms with Crippen molar-refractivity contribution in [3.63, 3.8) is 0 Å². The number of H-pyrrole nitrogens is 1. The minimum atomic E-state index is 0.621. The lowest BCUT2D eigenvalue weighted by Gasteiger charge is -2.12. The SMILES string of the molecule is C=C(N)c1ccccc1.CCC/C(=C\Cc1ccc(-c2ccccc2)cc1)c1cccc(-n2c3ccccc3c3ccccc32)c1.c1ccc2c(c1)[nH]c1ccccc12. The summed E-state index contributed by atoms with van der Waals surface area (Å²) in [6.07, 6.45) is 5.55. The Bertz CT molecular complexity index is 2880. The van der Waals surface area contributed by atoms with Gasteiger partial charge in [-0.1, -0.05) is 196 Å². The van der Waals surface area contributed by atoms with Crippen LogP contribution >= 0.6 is 0 Å². The molecule has 8 aromatic carbocycles. The molecule has 0 saturated carbocycles. The van der Waals surface area contributed by atoms with Gasteiger partial charge in [-0.3, -0.25) is 0 Å². The van der Waals surface area contributed by atoms with Crippen LogP contribution < -0.4 is 5.73 Å². The number of para-hydroxylation sites is 4. The normalized spacial score (nSPS) is 11.2. The number of aromatic amines is 1. The lowest BCUT2D eigenvalue weighted by Crippen LogP contribution is -1.96. The molecule has 3 nitrogen and oxygen atoms in total. The van der Waals surface area contributed by atoms with E-state index in [1.165, 1.54) is 77.1 Å². The molecule has 10 aromatic rings. The highest BCUT2D eigenvalue weighted by Gasteiger charge is 2.12. The molecule has 0 radical (unpaired) electrons. The Morgan fingerprint density at radius 2 is 1.02 bits per heavy atom. The summed E-state index contributed by atoms with van der Waals surface area (Å²) in [6.45, 7) is 5.87. The first-order valence-electron chi connectivity index (χ1n) is 20.4. The van der Waals surface area contributed by atoms with Gasteiger partial charge in [-0.25, -0.2) is 0 Å². The number of hydrogen-bond acceptors (Lipinski definition) is 1. The number of fused-ring (bicyclic) bond motifs is 6. The zero-order chi connectivity index (χ0) is 40.4. The van der Waals surface area contributed by atoms with Crippen LogP contribution in [0.25, 0.3) is 71.7 Å². The molecule has 2 heterocycles. The van der Waals surface area contributed by atoms with Gasteiger partial charge in [0.2, 0.25) is 0 Å². The fourth-order valence-electron chi connectivity index (χ4n) is 7.84. The van der Waals surface area contributed by atoms with Gasteiger partial charge in [0.25, 0.3) is 0 Å². The van der Waals surface area contributed by atoms with Crippen LogP contribution in [0, 0.1) is 0 Å². The molecule has 10 rings (SSSR count). The first-order valence-corrected chi connectivity index (χ1v) is 20.4. The van der Waals surface area contributed by atoms with E-state index in [2.05, 4.69) is 205 Å². The molecular formula is C56H49N3. The van der Waals surface area contributed by atoms with E-state index in [9.17, 15) is 0 Å². The summed E-state index contributed by atoms with van der Waals surface area (Å²) in [7, 11) is 0. The minimum Gasteiger partial charge on any atom is -0.399 e. The number of aromatic nitrogens is 2. The number of rotatable bonds is 8. The van der Waals surface area contributed by atoms with Crippen molar-refractivity contribution in [3.05, 3.63) is 236 Å². The molecule has 0 aliphatic rings. The molecule has 0 bridgehead atoms. The van der Waals surface area contributed by atoms with E-state index in [1.807, 2.05) is 30.3 Å². The van der Waals surface area contributed by atoms with Crippen LogP contribution in [0.5, 0.6) is 0 Å². The topological polar surface area (TPSA) is 46.7 Å². The summed E-state index contributed by atoms with van der Waals surface area (Å²) in [5.41, 5.74) is 19.8. The molecule has 0 aliphatic heterocycles. The summed E-state index contributed by atoms with van der Waals surface area (Å²) < 4.78 is 2.40. The van der Waals surface area contributed by atoms with Gasteiger partial charge >= 0.3 is 0 Å². The quantitative estimate of drug-likeness (QED) is 0.159.